The number of hydrogen-bond donors (Lipinski definition) is 0. The van der Waals surface area contributed by atoms with Crippen molar-refractivity contribution >= 4 is 5.69 Å². The second-order valence-corrected chi connectivity index (χ2v) is 4.93. The number of nitrogens with zero attached hydrogens (tertiary/aromatic N) is 2. The first-order valence-electron chi connectivity index (χ1n) is 7.13. The van der Waals surface area contributed by atoms with Crippen LogP contribution in [-0.2, 0) is 6.61 Å². The van der Waals surface area contributed by atoms with E-state index in [0.717, 1.165) is 5.56 Å². The van der Waals surface area contributed by atoms with Gasteiger partial charge in [0.25, 0.3) is 5.69 Å². The first-order valence-corrected chi connectivity index (χ1v) is 7.13. The molecule has 0 aliphatic rings. The molecule has 2 aromatic carbocycles. The third kappa shape index (κ3) is 3.35. The van der Waals surface area contributed by atoms with Crippen LogP contribution in [-0.4, -0.2) is 17.2 Å². The Bertz CT molecular complexity index is 845. The van der Waals surface area contributed by atoms with E-state index in [0.29, 0.717) is 17.2 Å². The number of ether oxygens (including phenoxy) is 2. The van der Waals surface area contributed by atoms with Gasteiger partial charge in [0.2, 0.25) is 0 Å². The zero-order valence-electron chi connectivity index (χ0n) is 12.8. The van der Waals surface area contributed by atoms with Crippen LogP contribution in [0.3, 0.4) is 0 Å². The SMILES string of the molecule is COc1cc([N+](=O)[O-])ccc1OCc1cc(-c2ccccc2)no1. The molecule has 122 valence electrons. The normalized spacial score (nSPS) is 10.4. The molecule has 0 saturated heterocycles. The number of benzene rings is 2. The van der Waals surface area contributed by atoms with Gasteiger partial charge in [0.05, 0.1) is 18.1 Å². The molecule has 0 bridgehead atoms. The monoisotopic (exact) mass is 326 g/mol. The Morgan fingerprint density at radius 2 is 1.92 bits per heavy atom. The van der Waals surface area contributed by atoms with Gasteiger partial charge in [-0.15, -0.1) is 0 Å². The van der Waals surface area contributed by atoms with Gasteiger partial charge in [-0.2, -0.15) is 0 Å². The number of nitro benzene ring substituents is 1. The van der Waals surface area contributed by atoms with Gasteiger partial charge in [0, 0.05) is 17.7 Å². The fourth-order valence-corrected chi connectivity index (χ4v) is 2.16. The lowest BCUT2D eigenvalue weighted by Gasteiger charge is -2.08. The molecule has 3 rings (SSSR count). The van der Waals surface area contributed by atoms with Crippen molar-refractivity contribution in [3.05, 3.63) is 70.5 Å². The number of methoxy groups -OCH3 is 1. The second kappa shape index (κ2) is 6.82. The van der Waals surface area contributed by atoms with Crippen LogP contribution in [0.2, 0.25) is 0 Å². The van der Waals surface area contributed by atoms with Gasteiger partial charge in [-0.05, 0) is 6.07 Å². The van der Waals surface area contributed by atoms with Crippen molar-refractivity contribution in [1.29, 1.82) is 0 Å². The van der Waals surface area contributed by atoms with Crippen LogP contribution < -0.4 is 9.47 Å². The van der Waals surface area contributed by atoms with Gasteiger partial charge in [0.1, 0.15) is 12.3 Å². The lowest BCUT2D eigenvalue weighted by Crippen LogP contribution is -1.97. The molecule has 1 heterocycles. The van der Waals surface area contributed by atoms with Crippen LogP contribution in [0.15, 0.2) is 59.1 Å². The average molecular weight is 326 g/mol. The summed E-state index contributed by atoms with van der Waals surface area (Å²) >= 11 is 0. The zero-order chi connectivity index (χ0) is 16.9. The Morgan fingerprint density at radius 1 is 1.12 bits per heavy atom. The molecule has 0 atom stereocenters. The second-order valence-electron chi connectivity index (χ2n) is 4.93. The predicted molar refractivity (Wildman–Crippen MR) is 85.9 cm³/mol. The summed E-state index contributed by atoms with van der Waals surface area (Å²) in [5, 5.41) is 14.8. The highest BCUT2D eigenvalue weighted by Gasteiger charge is 2.13. The number of nitro groups is 1. The minimum atomic E-state index is -0.491. The molecule has 7 heteroatoms. The van der Waals surface area contributed by atoms with Crippen LogP contribution in [0.25, 0.3) is 11.3 Å². The van der Waals surface area contributed by atoms with E-state index < -0.39 is 4.92 Å². The summed E-state index contributed by atoms with van der Waals surface area (Å²) in [7, 11) is 1.42. The first kappa shape index (κ1) is 15.5. The predicted octanol–water partition coefficient (Wildman–Crippen LogP) is 3.84. The van der Waals surface area contributed by atoms with Crippen molar-refractivity contribution in [1.82, 2.24) is 5.16 Å². The third-order valence-electron chi connectivity index (χ3n) is 3.36. The summed E-state index contributed by atoms with van der Waals surface area (Å²) in [5.74, 6) is 1.21. The van der Waals surface area contributed by atoms with Gasteiger partial charge in [-0.3, -0.25) is 10.1 Å². The van der Waals surface area contributed by atoms with Crippen LogP contribution >= 0.6 is 0 Å². The Morgan fingerprint density at radius 3 is 2.62 bits per heavy atom. The summed E-state index contributed by atoms with van der Waals surface area (Å²) in [6, 6.07) is 15.6. The highest BCUT2D eigenvalue weighted by molar-refractivity contribution is 5.58. The number of aromatic nitrogens is 1. The molecule has 0 aliphatic carbocycles. The lowest BCUT2D eigenvalue weighted by molar-refractivity contribution is -0.385. The molecular formula is C17H14N2O5. The highest BCUT2D eigenvalue weighted by Crippen LogP contribution is 2.31. The van der Waals surface area contributed by atoms with Gasteiger partial charge < -0.3 is 14.0 Å². The number of non-ortho nitro benzene ring substituents is 1. The molecule has 3 aromatic rings. The molecule has 24 heavy (non-hydrogen) atoms. The van der Waals surface area contributed by atoms with E-state index in [1.54, 1.807) is 6.07 Å². The molecule has 1 aromatic heterocycles. The Hall–Kier alpha value is -3.35. The minimum absolute atomic E-state index is 0.0646. The Kier molecular flexibility index (Phi) is 4.42. The summed E-state index contributed by atoms with van der Waals surface area (Å²) in [5.41, 5.74) is 1.59. The Labute approximate surface area is 137 Å². The molecule has 0 amide bonds. The number of rotatable bonds is 6. The fraction of sp³-hybridized carbons (Fsp3) is 0.118. The van der Waals surface area contributed by atoms with E-state index in [4.69, 9.17) is 14.0 Å². The zero-order valence-corrected chi connectivity index (χ0v) is 12.8. The van der Waals surface area contributed by atoms with E-state index in [1.807, 2.05) is 30.3 Å². The number of hydrogen-bond acceptors (Lipinski definition) is 6. The minimum Gasteiger partial charge on any atom is -0.493 e. The molecular weight excluding hydrogens is 312 g/mol. The van der Waals surface area contributed by atoms with Crippen LogP contribution in [0, 0.1) is 10.1 Å². The van der Waals surface area contributed by atoms with E-state index in [9.17, 15) is 10.1 Å². The summed E-state index contributed by atoms with van der Waals surface area (Å²) < 4.78 is 16.0. The standard InChI is InChI=1S/C17H14N2O5/c1-22-17-9-13(19(20)21)7-8-16(17)23-11-14-10-15(18-24-14)12-5-3-2-4-6-12/h2-10H,11H2,1H3. The summed E-state index contributed by atoms with van der Waals surface area (Å²) in [4.78, 5) is 10.3. The van der Waals surface area contributed by atoms with Gasteiger partial charge >= 0.3 is 0 Å². The van der Waals surface area contributed by atoms with Gasteiger partial charge in [-0.25, -0.2) is 0 Å². The molecule has 0 unspecified atom stereocenters. The maximum absolute atomic E-state index is 10.8. The van der Waals surface area contributed by atoms with E-state index >= 15 is 0 Å². The van der Waals surface area contributed by atoms with E-state index in [1.165, 1.54) is 25.3 Å². The van der Waals surface area contributed by atoms with E-state index in [2.05, 4.69) is 5.16 Å². The lowest BCUT2D eigenvalue weighted by atomic mass is 10.1. The molecule has 7 nitrogen and oxygen atoms in total. The van der Waals surface area contributed by atoms with Gasteiger partial charge in [0.15, 0.2) is 17.3 Å². The van der Waals surface area contributed by atoms with E-state index in [-0.39, 0.29) is 18.0 Å². The van der Waals surface area contributed by atoms with Crippen molar-refractivity contribution in [2.75, 3.05) is 7.11 Å². The molecule has 0 fully saturated rings. The summed E-state index contributed by atoms with van der Waals surface area (Å²) in [6.07, 6.45) is 0. The van der Waals surface area contributed by atoms with Crippen LogP contribution in [0.5, 0.6) is 11.5 Å². The first-order chi connectivity index (χ1) is 11.7. The Balaban J connectivity index is 1.72. The largest absolute Gasteiger partial charge is 0.493 e. The van der Waals surface area contributed by atoms with Crippen molar-refractivity contribution in [3.8, 4) is 22.8 Å². The van der Waals surface area contributed by atoms with Crippen molar-refractivity contribution in [2.45, 2.75) is 6.61 Å². The highest BCUT2D eigenvalue weighted by atomic mass is 16.6. The average Bonchev–Trinajstić information content (AvgIpc) is 3.09. The van der Waals surface area contributed by atoms with Gasteiger partial charge in [-0.1, -0.05) is 35.5 Å². The smallest absolute Gasteiger partial charge is 0.273 e. The summed E-state index contributed by atoms with van der Waals surface area (Å²) in [6.45, 7) is 0.133. The molecule has 0 radical (unpaired) electrons. The quantitative estimate of drug-likeness (QED) is 0.505. The molecule has 0 aliphatic heterocycles. The maximum atomic E-state index is 10.8. The third-order valence-corrected chi connectivity index (χ3v) is 3.36. The van der Waals surface area contributed by atoms with Crippen molar-refractivity contribution < 1.29 is 18.9 Å². The molecule has 0 N–H and O–H groups in total. The fourth-order valence-electron chi connectivity index (χ4n) is 2.16. The maximum Gasteiger partial charge on any atom is 0.273 e. The topological polar surface area (TPSA) is 87.6 Å². The molecule has 0 saturated carbocycles. The van der Waals surface area contributed by atoms with Crippen LogP contribution in [0.1, 0.15) is 5.76 Å². The molecule has 0 spiro atoms. The van der Waals surface area contributed by atoms with Crippen molar-refractivity contribution in [3.63, 3.8) is 0 Å². The van der Waals surface area contributed by atoms with Crippen LogP contribution in [0.4, 0.5) is 5.69 Å². The van der Waals surface area contributed by atoms with Crippen molar-refractivity contribution in [2.24, 2.45) is 0 Å².